The summed E-state index contributed by atoms with van der Waals surface area (Å²) in [6.45, 7) is 7.66. The van der Waals surface area contributed by atoms with Crippen LogP contribution in [0.2, 0.25) is 5.02 Å². The number of likely N-dealkylation sites (N-methyl/N-ethyl adjacent to an activating group) is 1. The SMILES string of the molecule is COC(=O)NCCO[C@H](CCN(C)C(=O)N[C@H](CN(C)C(=O)O)C(C1CCCCC1)C(C)(C)C)c1cccc(Cl)c1. The molecule has 41 heavy (non-hydrogen) atoms. The first-order valence-corrected chi connectivity index (χ1v) is 14.9. The van der Waals surface area contributed by atoms with Gasteiger partial charge >= 0.3 is 18.2 Å². The Labute approximate surface area is 250 Å². The van der Waals surface area contributed by atoms with Crippen LogP contribution in [0.5, 0.6) is 0 Å². The van der Waals surface area contributed by atoms with Crippen molar-refractivity contribution in [2.45, 2.75) is 71.4 Å². The molecule has 1 aromatic carbocycles. The number of carbonyl (C=O) groups excluding carboxylic acids is 2. The summed E-state index contributed by atoms with van der Waals surface area (Å²) in [6, 6.07) is 6.79. The zero-order chi connectivity index (χ0) is 30.6. The molecule has 3 N–H and O–H groups in total. The standard InChI is InChI=1S/C30H49ClN4O6/c1-30(2,3)26(21-11-8-7-9-12-21)24(20-35(5)29(38)39)33-27(36)34(4)17-15-25(22-13-10-14-23(31)19-22)41-18-16-32-28(37)40-6/h10,13-14,19,21,24-26H,7-9,11-12,15-18,20H2,1-6H3,(H,32,37)(H,33,36)(H,38,39)/t24-,25-,26?/m1/s1. The summed E-state index contributed by atoms with van der Waals surface area (Å²) in [7, 11) is 4.58. The fourth-order valence-corrected chi connectivity index (χ4v) is 6.11. The predicted molar refractivity (Wildman–Crippen MR) is 160 cm³/mol. The van der Waals surface area contributed by atoms with Crippen molar-refractivity contribution in [2.75, 3.05) is 47.4 Å². The summed E-state index contributed by atoms with van der Waals surface area (Å²) < 4.78 is 10.7. The maximum atomic E-state index is 13.5. The Morgan fingerprint density at radius 1 is 1.12 bits per heavy atom. The van der Waals surface area contributed by atoms with Gasteiger partial charge < -0.3 is 35.0 Å². The van der Waals surface area contributed by atoms with E-state index >= 15 is 0 Å². The molecule has 3 atom stereocenters. The molecule has 1 aromatic rings. The van der Waals surface area contributed by atoms with E-state index in [1.165, 1.54) is 18.4 Å². The van der Waals surface area contributed by atoms with Crippen LogP contribution in [0.3, 0.4) is 0 Å². The number of amides is 4. The number of halogens is 1. The lowest BCUT2D eigenvalue weighted by Crippen LogP contribution is -2.56. The normalized spacial score (nSPS) is 16.3. The molecule has 10 nitrogen and oxygen atoms in total. The number of carbonyl (C=O) groups is 3. The quantitative estimate of drug-likeness (QED) is 0.240. The molecule has 1 unspecified atom stereocenters. The third kappa shape index (κ3) is 11.6. The van der Waals surface area contributed by atoms with Crippen molar-refractivity contribution in [1.29, 1.82) is 0 Å². The van der Waals surface area contributed by atoms with E-state index in [1.54, 1.807) is 25.1 Å². The number of urea groups is 1. The van der Waals surface area contributed by atoms with Crippen LogP contribution < -0.4 is 10.6 Å². The van der Waals surface area contributed by atoms with Gasteiger partial charge in [0.1, 0.15) is 0 Å². The molecule has 0 radical (unpaired) electrons. The molecule has 1 fully saturated rings. The van der Waals surface area contributed by atoms with Crippen molar-refractivity contribution >= 4 is 29.8 Å². The van der Waals surface area contributed by atoms with Crippen LogP contribution in [0.15, 0.2) is 24.3 Å². The summed E-state index contributed by atoms with van der Waals surface area (Å²) in [4.78, 5) is 39.5. The van der Waals surface area contributed by atoms with E-state index in [0.717, 1.165) is 31.2 Å². The summed E-state index contributed by atoms with van der Waals surface area (Å²) >= 11 is 6.23. The van der Waals surface area contributed by atoms with E-state index in [9.17, 15) is 19.5 Å². The van der Waals surface area contributed by atoms with Gasteiger partial charge in [0.05, 0.1) is 25.9 Å². The van der Waals surface area contributed by atoms with Crippen LogP contribution in [0.25, 0.3) is 0 Å². The largest absolute Gasteiger partial charge is 0.465 e. The van der Waals surface area contributed by atoms with Crippen LogP contribution in [-0.2, 0) is 9.47 Å². The van der Waals surface area contributed by atoms with Crippen LogP contribution in [0, 0.1) is 17.3 Å². The second kappa shape index (κ2) is 16.7. The van der Waals surface area contributed by atoms with E-state index in [2.05, 4.69) is 36.1 Å². The highest BCUT2D eigenvalue weighted by Crippen LogP contribution is 2.42. The second-order valence-electron chi connectivity index (χ2n) is 12.1. The van der Waals surface area contributed by atoms with Crippen LogP contribution in [-0.4, -0.2) is 86.6 Å². The first-order valence-electron chi connectivity index (χ1n) is 14.5. The lowest BCUT2D eigenvalue weighted by molar-refractivity contribution is 0.0428. The van der Waals surface area contributed by atoms with Gasteiger partial charge in [-0.05, 0) is 41.4 Å². The molecule has 0 bridgehead atoms. The van der Waals surface area contributed by atoms with Crippen molar-refractivity contribution in [2.24, 2.45) is 17.3 Å². The van der Waals surface area contributed by atoms with E-state index in [4.69, 9.17) is 16.3 Å². The molecular formula is C30H49ClN4O6. The van der Waals surface area contributed by atoms with Gasteiger partial charge in [-0.2, -0.15) is 0 Å². The van der Waals surface area contributed by atoms with Crippen molar-refractivity contribution in [3.8, 4) is 0 Å². The van der Waals surface area contributed by atoms with Gasteiger partial charge in [0.2, 0.25) is 0 Å². The van der Waals surface area contributed by atoms with Crippen molar-refractivity contribution in [3.63, 3.8) is 0 Å². The van der Waals surface area contributed by atoms with E-state index in [1.807, 2.05) is 18.2 Å². The van der Waals surface area contributed by atoms with E-state index < -0.39 is 12.2 Å². The molecule has 4 amide bonds. The Morgan fingerprint density at radius 2 is 1.80 bits per heavy atom. The average molecular weight is 597 g/mol. The zero-order valence-electron chi connectivity index (χ0n) is 25.5. The topological polar surface area (TPSA) is 120 Å². The molecule has 0 spiro atoms. The highest BCUT2D eigenvalue weighted by atomic mass is 35.5. The Morgan fingerprint density at radius 3 is 2.39 bits per heavy atom. The van der Waals surface area contributed by atoms with Crippen LogP contribution >= 0.6 is 11.6 Å². The minimum absolute atomic E-state index is 0.117. The second-order valence-corrected chi connectivity index (χ2v) is 12.5. The van der Waals surface area contributed by atoms with Gasteiger partial charge in [0.25, 0.3) is 0 Å². The number of carboxylic acid groups (broad SMARTS) is 1. The summed E-state index contributed by atoms with van der Waals surface area (Å²) in [5.41, 5.74) is 0.747. The lowest BCUT2D eigenvalue weighted by Gasteiger charge is -2.45. The third-order valence-corrected chi connectivity index (χ3v) is 8.10. The minimum atomic E-state index is -1.02. The lowest BCUT2D eigenvalue weighted by atomic mass is 9.65. The predicted octanol–water partition coefficient (Wildman–Crippen LogP) is 6.01. The van der Waals surface area contributed by atoms with Gasteiger partial charge in [-0.3, -0.25) is 0 Å². The molecular weight excluding hydrogens is 548 g/mol. The molecule has 1 aliphatic carbocycles. The molecule has 0 aliphatic heterocycles. The van der Waals surface area contributed by atoms with Crippen molar-refractivity contribution in [3.05, 3.63) is 34.9 Å². The average Bonchev–Trinajstić information content (AvgIpc) is 2.91. The molecule has 0 saturated heterocycles. The fraction of sp³-hybridized carbons (Fsp3) is 0.700. The van der Waals surface area contributed by atoms with Crippen molar-refractivity contribution < 1.29 is 29.0 Å². The highest BCUT2D eigenvalue weighted by molar-refractivity contribution is 6.30. The number of ether oxygens (including phenoxy) is 2. The fourth-order valence-electron chi connectivity index (χ4n) is 5.92. The monoisotopic (exact) mass is 596 g/mol. The van der Waals surface area contributed by atoms with Gasteiger partial charge in [-0.25, -0.2) is 14.4 Å². The van der Waals surface area contributed by atoms with E-state index in [-0.39, 0.29) is 49.2 Å². The molecule has 1 aliphatic rings. The maximum absolute atomic E-state index is 13.5. The Kier molecular flexibility index (Phi) is 14.0. The first kappa shape index (κ1) is 34.5. The summed E-state index contributed by atoms with van der Waals surface area (Å²) in [6.07, 6.45) is 4.30. The summed E-state index contributed by atoms with van der Waals surface area (Å²) in [5.74, 6) is 0.535. The number of hydrogen-bond donors (Lipinski definition) is 3. The smallest absolute Gasteiger partial charge is 0.407 e. The number of alkyl carbamates (subject to hydrolysis) is 1. The molecule has 232 valence electrons. The van der Waals surface area contributed by atoms with Gasteiger partial charge in [0.15, 0.2) is 0 Å². The number of methoxy groups -OCH3 is 1. The Hall–Kier alpha value is -2.72. The number of hydrogen-bond acceptors (Lipinski definition) is 5. The van der Waals surface area contributed by atoms with Crippen molar-refractivity contribution in [1.82, 2.24) is 20.4 Å². The third-order valence-electron chi connectivity index (χ3n) is 7.87. The van der Waals surface area contributed by atoms with Gasteiger partial charge in [0, 0.05) is 38.8 Å². The molecule has 0 heterocycles. The Bertz CT molecular complexity index is 982. The highest BCUT2D eigenvalue weighted by Gasteiger charge is 2.40. The van der Waals surface area contributed by atoms with Crippen LogP contribution in [0.4, 0.5) is 14.4 Å². The molecule has 11 heteroatoms. The minimum Gasteiger partial charge on any atom is -0.465 e. The number of nitrogens with one attached hydrogen (secondary N) is 2. The Balaban J connectivity index is 2.14. The molecule has 2 rings (SSSR count). The summed E-state index contributed by atoms with van der Waals surface area (Å²) in [5, 5.41) is 16.0. The van der Waals surface area contributed by atoms with E-state index in [0.29, 0.717) is 23.9 Å². The number of benzene rings is 1. The molecule has 0 aromatic heterocycles. The molecule has 1 saturated carbocycles. The first-order chi connectivity index (χ1) is 19.3. The van der Waals surface area contributed by atoms with Crippen LogP contribution in [0.1, 0.15) is 71.0 Å². The number of rotatable bonds is 13. The maximum Gasteiger partial charge on any atom is 0.407 e. The zero-order valence-corrected chi connectivity index (χ0v) is 26.2. The number of nitrogens with zero attached hydrogens (tertiary/aromatic N) is 2. The van der Waals surface area contributed by atoms with Gasteiger partial charge in [-0.1, -0.05) is 76.6 Å². The van der Waals surface area contributed by atoms with Gasteiger partial charge in [-0.15, -0.1) is 0 Å².